The fourth-order valence-electron chi connectivity index (χ4n) is 1.91. The topological polar surface area (TPSA) is 38.7 Å². The van der Waals surface area contributed by atoms with Gasteiger partial charge in [-0.1, -0.05) is 28.1 Å². The van der Waals surface area contributed by atoms with E-state index in [0.717, 1.165) is 26.8 Å². The fraction of sp³-hybridized carbons (Fsp3) is 0.0625. The molecule has 0 radical (unpaired) electrons. The molecule has 0 atom stereocenters. The van der Waals surface area contributed by atoms with Crippen molar-refractivity contribution in [1.29, 1.82) is 0 Å². The molecule has 3 aromatic rings. The lowest BCUT2D eigenvalue weighted by Gasteiger charge is -2.00. The summed E-state index contributed by atoms with van der Waals surface area (Å²) in [5.74, 6) is 0.695. The van der Waals surface area contributed by atoms with Crippen LogP contribution < -0.4 is 0 Å². The zero-order valence-corrected chi connectivity index (χ0v) is 12.5. The summed E-state index contributed by atoms with van der Waals surface area (Å²) >= 11 is 3.46. The van der Waals surface area contributed by atoms with Crippen LogP contribution in [0.5, 0.6) is 0 Å². The molecule has 2 heterocycles. The van der Waals surface area contributed by atoms with Crippen LogP contribution in [0.3, 0.4) is 0 Å². The third-order valence-electron chi connectivity index (χ3n) is 2.89. The molecule has 0 aliphatic heterocycles. The molecule has 0 saturated heterocycles. The van der Waals surface area contributed by atoms with Gasteiger partial charge >= 0.3 is 0 Å². The Morgan fingerprint density at radius 2 is 1.85 bits per heavy atom. The Morgan fingerprint density at radius 1 is 1.00 bits per heavy atom. The van der Waals surface area contributed by atoms with Gasteiger partial charge in [0.05, 0.1) is 11.2 Å². The summed E-state index contributed by atoms with van der Waals surface area (Å²) in [5, 5.41) is 1.12. The van der Waals surface area contributed by atoms with Crippen molar-refractivity contribution in [3.8, 4) is 0 Å². The Morgan fingerprint density at radius 3 is 2.70 bits per heavy atom. The molecule has 0 N–H and O–H groups in total. The number of aromatic nitrogens is 3. The van der Waals surface area contributed by atoms with Crippen LogP contribution in [-0.4, -0.2) is 15.0 Å². The minimum atomic E-state index is 0.695. The monoisotopic (exact) mass is 325 g/mol. The molecular formula is C16H12BrN3. The largest absolute Gasteiger partial charge is 0.248 e. The number of aryl methyl sites for hydroxylation is 1. The highest BCUT2D eigenvalue weighted by Crippen LogP contribution is 2.19. The molecule has 0 saturated carbocycles. The summed E-state index contributed by atoms with van der Waals surface area (Å²) in [6, 6.07) is 12.0. The maximum Gasteiger partial charge on any atom is 0.152 e. The molecule has 20 heavy (non-hydrogen) atoms. The average Bonchev–Trinajstić information content (AvgIpc) is 2.45. The molecule has 0 spiro atoms. The molecule has 3 nitrogen and oxygen atoms in total. The number of fused-ring (bicyclic) bond motifs is 1. The summed E-state index contributed by atoms with van der Waals surface area (Å²) < 4.78 is 1.03. The van der Waals surface area contributed by atoms with Gasteiger partial charge in [-0.2, -0.15) is 0 Å². The summed E-state index contributed by atoms with van der Waals surface area (Å²) in [6.45, 7) is 1.95. The van der Waals surface area contributed by atoms with Crippen LogP contribution in [-0.2, 0) is 0 Å². The second-order valence-corrected chi connectivity index (χ2v) is 5.38. The predicted octanol–water partition coefficient (Wildman–Crippen LogP) is 4.27. The van der Waals surface area contributed by atoms with Gasteiger partial charge in [-0.05, 0) is 43.3 Å². The van der Waals surface area contributed by atoms with Crippen LogP contribution >= 0.6 is 15.9 Å². The first-order valence-electron chi connectivity index (χ1n) is 6.25. The van der Waals surface area contributed by atoms with Crippen molar-refractivity contribution < 1.29 is 0 Å². The van der Waals surface area contributed by atoms with Crippen molar-refractivity contribution in [2.24, 2.45) is 0 Å². The van der Waals surface area contributed by atoms with Gasteiger partial charge in [-0.3, -0.25) is 0 Å². The van der Waals surface area contributed by atoms with Crippen molar-refractivity contribution in [3.05, 3.63) is 64.3 Å². The van der Waals surface area contributed by atoms with Gasteiger partial charge in [0.25, 0.3) is 0 Å². The van der Waals surface area contributed by atoms with E-state index in [1.54, 1.807) is 6.20 Å². The molecule has 0 bridgehead atoms. The van der Waals surface area contributed by atoms with E-state index in [4.69, 9.17) is 0 Å². The van der Waals surface area contributed by atoms with Crippen LogP contribution in [0.2, 0.25) is 0 Å². The number of rotatable bonds is 2. The predicted molar refractivity (Wildman–Crippen MR) is 85.1 cm³/mol. The summed E-state index contributed by atoms with van der Waals surface area (Å²) in [7, 11) is 0. The number of hydrogen-bond donors (Lipinski definition) is 0. The average molecular weight is 326 g/mol. The molecule has 0 unspecified atom stereocenters. The minimum Gasteiger partial charge on any atom is -0.248 e. The number of pyridine rings is 1. The van der Waals surface area contributed by atoms with Gasteiger partial charge in [-0.25, -0.2) is 15.0 Å². The minimum absolute atomic E-state index is 0.695. The first-order valence-corrected chi connectivity index (χ1v) is 7.04. The van der Waals surface area contributed by atoms with E-state index in [2.05, 4.69) is 36.9 Å². The lowest BCUT2D eigenvalue weighted by atomic mass is 10.2. The molecule has 1 aromatic carbocycles. The highest BCUT2D eigenvalue weighted by molar-refractivity contribution is 9.10. The third-order valence-corrected chi connectivity index (χ3v) is 3.39. The van der Waals surface area contributed by atoms with Gasteiger partial charge in [0.15, 0.2) is 5.82 Å². The SMILES string of the molecule is Cc1ccnc(C=Cc2ccc3ccc(Br)cc3n2)n1. The molecule has 0 amide bonds. The smallest absolute Gasteiger partial charge is 0.152 e. The molecule has 98 valence electrons. The summed E-state index contributed by atoms with van der Waals surface area (Å²) in [4.78, 5) is 13.1. The zero-order valence-electron chi connectivity index (χ0n) is 10.9. The van der Waals surface area contributed by atoms with Gasteiger partial charge in [0.2, 0.25) is 0 Å². The lowest BCUT2D eigenvalue weighted by molar-refractivity contribution is 1.08. The number of halogens is 1. The Labute approximate surface area is 125 Å². The van der Waals surface area contributed by atoms with E-state index in [1.807, 2.05) is 49.4 Å². The van der Waals surface area contributed by atoms with Gasteiger partial charge < -0.3 is 0 Å². The van der Waals surface area contributed by atoms with Crippen molar-refractivity contribution in [3.63, 3.8) is 0 Å². The Hall–Kier alpha value is -2.07. The standard InChI is InChI=1S/C16H12BrN3/c1-11-8-9-18-16(19-11)7-6-14-5-3-12-2-4-13(17)10-15(12)20-14/h2-10H,1H3. The zero-order chi connectivity index (χ0) is 13.9. The number of benzene rings is 1. The van der Waals surface area contributed by atoms with Crippen LogP contribution in [0.4, 0.5) is 0 Å². The molecule has 2 aromatic heterocycles. The second kappa shape index (κ2) is 5.51. The Bertz CT molecular complexity index is 797. The number of hydrogen-bond acceptors (Lipinski definition) is 3. The maximum absolute atomic E-state index is 4.60. The highest BCUT2D eigenvalue weighted by Gasteiger charge is 1.98. The molecule has 0 aliphatic rings. The van der Waals surface area contributed by atoms with Crippen molar-refractivity contribution >= 4 is 39.0 Å². The maximum atomic E-state index is 4.60. The van der Waals surface area contributed by atoms with Gasteiger partial charge in [0.1, 0.15) is 0 Å². The van der Waals surface area contributed by atoms with Crippen LogP contribution in [0.1, 0.15) is 17.2 Å². The third kappa shape index (κ3) is 2.91. The van der Waals surface area contributed by atoms with Crippen molar-refractivity contribution in [2.75, 3.05) is 0 Å². The highest BCUT2D eigenvalue weighted by atomic mass is 79.9. The fourth-order valence-corrected chi connectivity index (χ4v) is 2.26. The first kappa shape index (κ1) is 12.9. The molecule has 4 heteroatoms. The summed E-state index contributed by atoms with van der Waals surface area (Å²) in [5.41, 5.74) is 2.81. The lowest BCUT2D eigenvalue weighted by Crippen LogP contribution is -1.89. The van der Waals surface area contributed by atoms with E-state index < -0.39 is 0 Å². The molecule has 0 fully saturated rings. The van der Waals surface area contributed by atoms with E-state index >= 15 is 0 Å². The van der Waals surface area contributed by atoms with E-state index in [0.29, 0.717) is 5.82 Å². The quantitative estimate of drug-likeness (QED) is 0.706. The second-order valence-electron chi connectivity index (χ2n) is 4.46. The molecular weight excluding hydrogens is 314 g/mol. The molecule has 0 aliphatic carbocycles. The normalized spacial score (nSPS) is 11.3. The summed E-state index contributed by atoms with van der Waals surface area (Å²) in [6.07, 6.45) is 5.56. The number of nitrogens with zero attached hydrogens (tertiary/aromatic N) is 3. The van der Waals surface area contributed by atoms with E-state index in [-0.39, 0.29) is 0 Å². The Kier molecular flexibility index (Phi) is 3.56. The van der Waals surface area contributed by atoms with Crippen LogP contribution in [0.15, 0.2) is 47.1 Å². The molecule has 3 rings (SSSR count). The Balaban J connectivity index is 1.94. The van der Waals surface area contributed by atoms with Crippen LogP contribution in [0.25, 0.3) is 23.1 Å². The van der Waals surface area contributed by atoms with Gasteiger partial charge in [-0.15, -0.1) is 0 Å². The van der Waals surface area contributed by atoms with Crippen LogP contribution in [0, 0.1) is 6.92 Å². The van der Waals surface area contributed by atoms with Crippen molar-refractivity contribution in [1.82, 2.24) is 15.0 Å². The van der Waals surface area contributed by atoms with E-state index in [1.165, 1.54) is 0 Å². The first-order chi connectivity index (χ1) is 9.70. The van der Waals surface area contributed by atoms with Crippen molar-refractivity contribution in [2.45, 2.75) is 6.92 Å². The van der Waals surface area contributed by atoms with E-state index in [9.17, 15) is 0 Å². The van der Waals surface area contributed by atoms with Gasteiger partial charge in [0, 0.05) is 21.7 Å².